The maximum absolute atomic E-state index is 13.4. The molecule has 1 atom stereocenters. The molecule has 84 valence electrons. The summed E-state index contributed by atoms with van der Waals surface area (Å²) in [5, 5.41) is 3.92. The first-order chi connectivity index (χ1) is 7.68. The van der Waals surface area contributed by atoms with Crippen LogP contribution in [0.1, 0.15) is 17.6 Å². The van der Waals surface area contributed by atoms with E-state index in [1.807, 2.05) is 0 Å². The number of hydrogen-bond donors (Lipinski definition) is 1. The van der Waals surface area contributed by atoms with E-state index in [4.69, 9.17) is 5.73 Å². The zero-order valence-electron chi connectivity index (χ0n) is 8.84. The average Bonchev–Trinajstić information content (AvgIpc) is 2.65. The van der Waals surface area contributed by atoms with Crippen molar-refractivity contribution in [1.29, 1.82) is 0 Å². The Morgan fingerprint density at radius 2 is 2.31 bits per heavy atom. The number of halogens is 1. The number of hydrogen-bond acceptors (Lipinski definition) is 4. The van der Waals surface area contributed by atoms with Gasteiger partial charge in [-0.15, -0.1) is 0 Å². The molecule has 0 saturated carbocycles. The summed E-state index contributed by atoms with van der Waals surface area (Å²) in [5.74, 6) is 0.315. The largest absolute Gasteiger partial charge is 0.322 e. The summed E-state index contributed by atoms with van der Waals surface area (Å²) in [7, 11) is 1.77. The molecule has 0 aliphatic carbocycles. The lowest BCUT2D eigenvalue weighted by molar-refractivity contribution is 0.549. The van der Waals surface area contributed by atoms with Crippen LogP contribution in [-0.2, 0) is 13.5 Å². The molecular formula is C10H12FN5. The van der Waals surface area contributed by atoms with E-state index in [-0.39, 0.29) is 5.69 Å². The summed E-state index contributed by atoms with van der Waals surface area (Å²) in [6, 6.07) is 2.37. The maximum atomic E-state index is 13.4. The van der Waals surface area contributed by atoms with Gasteiger partial charge >= 0.3 is 0 Å². The van der Waals surface area contributed by atoms with Crippen molar-refractivity contribution >= 4 is 0 Å². The minimum absolute atomic E-state index is 0.255. The van der Waals surface area contributed by atoms with E-state index in [1.54, 1.807) is 11.7 Å². The fourth-order valence-electron chi connectivity index (χ4n) is 1.47. The van der Waals surface area contributed by atoms with Gasteiger partial charge < -0.3 is 5.73 Å². The lowest BCUT2D eigenvalue weighted by atomic mass is 10.1. The highest BCUT2D eigenvalue weighted by atomic mass is 19.1. The lowest BCUT2D eigenvalue weighted by Gasteiger charge is -2.10. The molecule has 2 aromatic rings. The van der Waals surface area contributed by atoms with E-state index < -0.39 is 11.9 Å². The minimum atomic E-state index is -0.510. The Morgan fingerprint density at radius 1 is 1.50 bits per heavy atom. The molecule has 0 radical (unpaired) electrons. The van der Waals surface area contributed by atoms with E-state index in [9.17, 15) is 4.39 Å². The molecule has 5 nitrogen and oxygen atoms in total. The number of rotatable bonds is 3. The third-order valence-corrected chi connectivity index (χ3v) is 2.35. The summed E-state index contributed by atoms with van der Waals surface area (Å²) < 4.78 is 15.0. The third-order valence-electron chi connectivity index (χ3n) is 2.35. The van der Waals surface area contributed by atoms with Crippen molar-refractivity contribution in [3.8, 4) is 0 Å². The SMILES string of the molecule is Cn1ncnc1CC(N)c1ncccc1F. The molecule has 2 heterocycles. The van der Waals surface area contributed by atoms with Crippen LogP contribution in [0.15, 0.2) is 24.7 Å². The van der Waals surface area contributed by atoms with Crippen LogP contribution < -0.4 is 5.73 Å². The van der Waals surface area contributed by atoms with Gasteiger partial charge in [0.05, 0.1) is 11.7 Å². The Morgan fingerprint density at radius 3 is 2.94 bits per heavy atom. The van der Waals surface area contributed by atoms with Crippen molar-refractivity contribution in [2.75, 3.05) is 0 Å². The molecule has 0 aliphatic rings. The van der Waals surface area contributed by atoms with Crippen LogP contribution in [0.2, 0.25) is 0 Å². The standard InChI is InChI=1S/C10H12FN5/c1-16-9(14-6-15-16)5-8(12)10-7(11)3-2-4-13-10/h2-4,6,8H,5,12H2,1H3. The smallest absolute Gasteiger partial charge is 0.146 e. The van der Waals surface area contributed by atoms with E-state index in [0.717, 1.165) is 0 Å². The van der Waals surface area contributed by atoms with Gasteiger partial charge in [-0.25, -0.2) is 9.37 Å². The molecule has 16 heavy (non-hydrogen) atoms. The number of aryl methyl sites for hydroxylation is 1. The summed E-state index contributed by atoms with van der Waals surface area (Å²) >= 11 is 0. The van der Waals surface area contributed by atoms with Crippen molar-refractivity contribution in [1.82, 2.24) is 19.7 Å². The molecule has 6 heteroatoms. The molecule has 0 amide bonds. The van der Waals surface area contributed by atoms with E-state index in [0.29, 0.717) is 12.2 Å². The second kappa shape index (κ2) is 4.36. The second-order valence-electron chi connectivity index (χ2n) is 3.48. The van der Waals surface area contributed by atoms with Crippen LogP contribution in [-0.4, -0.2) is 19.7 Å². The number of nitrogens with two attached hydrogens (primary N) is 1. The highest BCUT2D eigenvalue weighted by Gasteiger charge is 2.15. The summed E-state index contributed by atoms with van der Waals surface area (Å²) in [5.41, 5.74) is 6.13. The average molecular weight is 221 g/mol. The molecule has 0 saturated heterocycles. The first-order valence-corrected chi connectivity index (χ1v) is 4.87. The first kappa shape index (κ1) is 10.7. The maximum Gasteiger partial charge on any atom is 0.146 e. The molecule has 0 spiro atoms. The van der Waals surface area contributed by atoms with Crippen molar-refractivity contribution in [2.45, 2.75) is 12.5 Å². The van der Waals surface area contributed by atoms with Crippen LogP contribution in [0.25, 0.3) is 0 Å². The molecule has 2 N–H and O–H groups in total. The van der Waals surface area contributed by atoms with Gasteiger partial charge in [0.2, 0.25) is 0 Å². The van der Waals surface area contributed by atoms with Crippen LogP contribution in [0.3, 0.4) is 0 Å². The van der Waals surface area contributed by atoms with Crippen molar-refractivity contribution in [3.63, 3.8) is 0 Å². The van der Waals surface area contributed by atoms with Gasteiger partial charge in [-0.3, -0.25) is 9.67 Å². The molecule has 0 aromatic carbocycles. The van der Waals surface area contributed by atoms with E-state index in [1.165, 1.54) is 24.7 Å². The Kier molecular flexibility index (Phi) is 2.91. The number of pyridine rings is 1. The van der Waals surface area contributed by atoms with Crippen LogP contribution in [0.5, 0.6) is 0 Å². The normalized spacial score (nSPS) is 12.7. The predicted octanol–water partition coefficient (Wildman–Crippen LogP) is 0.592. The van der Waals surface area contributed by atoms with Crippen molar-refractivity contribution in [3.05, 3.63) is 42.0 Å². The van der Waals surface area contributed by atoms with Crippen LogP contribution in [0, 0.1) is 5.82 Å². The first-order valence-electron chi connectivity index (χ1n) is 4.87. The molecule has 1 unspecified atom stereocenters. The third kappa shape index (κ3) is 2.06. The van der Waals surface area contributed by atoms with Crippen molar-refractivity contribution in [2.24, 2.45) is 12.8 Å². The number of nitrogens with zero attached hydrogens (tertiary/aromatic N) is 4. The van der Waals surface area contributed by atoms with E-state index in [2.05, 4.69) is 15.1 Å². The topological polar surface area (TPSA) is 69.6 Å². The lowest BCUT2D eigenvalue weighted by Crippen LogP contribution is -2.18. The second-order valence-corrected chi connectivity index (χ2v) is 3.48. The Balaban J connectivity index is 2.18. The fraction of sp³-hybridized carbons (Fsp3) is 0.300. The highest BCUT2D eigenvalue weighted by molar-refractivity contribution is 5.12. The zero-order valence-corrected chi connectivity index (χ0v) is 8.84. The van der Waals surface area contributed by atoms with Gasteiger partial charge in [0.25, 0.3) is 0 Å². The van der Waals surface area contributed by atoms with Gasteiger partial charge in [-0.1, -0.05) is 0 Å². The highest BCUT2D eigenvalue weighted by Crippen LogP contribution is 2.14. The Labute approximate surface area is 92.1 Å². The van der Waals surface area contributed by atoms with Crippen molar-refractivity contribution < 1.29 is 4.39 Å². The quantitative estimate of drug-likeness (QED) is 0.823. The predicted molar refractivity (Wildman–Crippen MR) is 55.8 cm³/mol. The molecule has 0 bridgehead atoms. The van der Waals surface area contributed by atoms with Gasteiger partial charge in [0.1, 0.15) is 18.0 Å². The molecule has 0 fully saturated rings. The van der Waals surface area contributed by atoms with Gasteiger partial charge in [-0.05, 0) is 12.1 Å². The monoisotopic (exact) mass is 221 g/mol. The number of aromatic nitrogens is 4. The molecular weight excluding hydrogens is 209 g/mol. The zero-order chi connectivity index (χ0) is 11.5. The summed E-state index contributed by atoms with van der Waals surface area (Å²) in [4.78, 5) is 7.96. The Hall–Kier alpha value is -1.82. The van der Waals surface area contributed by atoms with Crippen LogP contribution in [0.4, 0.5) is 4.39 Å². The fourth-order valence-corrected chi connectivity index (χ4v) is 1.47. The van der Waals surface area contributed by atoms with E-state index >= 15 is 0 Å². The summed E-state index contributed by atoms with van der Waals surface area (Å²) in [6.07, 6.45) is 3.37. The minimum Gasteiger partial charge on any atom is -0.322 e. The van der Waals surface area contributed by atoms with Crippen LogP contribution >= 0.6 is 0 Å². The molecule has 2 rings (SSSR count). The van der Waals surface area contributed by atoms with Gasteiger partial charge in [0.15, 0.2) is 0 Å². The van der Waals surface area contributed by atoms with Gasteiger partial charge in [0, 0.05) is 19.7 Å². The summed E-state index contributed by atoms with van der Waals surface area (Å²) in [6.45, 7) is 0. The Bertz CT molecular complexity index is 482. The van der Waals surface area contributed by atoms with Gasteiger partial charge in [-0.2, -0.15) is 5.10 Å². The molecule has 2 aromatic heterocycles. The molecule has 0 aliphatic heterocycles.